The first-order valence-electron chi connectivity index (χ1n) is 5.87. The van der Waals surface area contributed by atoms with Gasteiger partial charge in [-0.2, -0.15) is 5.10 Å². The van der Waals surface area contributed by atoms with Crippen LogP contribution in [0.2, 0.25) is 0 Å². The normalized spacial score (nSPS) is 10.8. The van der Waals surface area contributed by atoms with Gasteiger partial charge in [-0.15, -0.1) is 0 Å². The Morgan fingerprint density at radius 2 is 2.00 bits per heavy atom. The predicted molar refractivity (Wildman–Crippen MR) is 72.1 cm³/mol. The molecule has 0 spiro atoms. The summed E-state index contributed by atoms with van der Waals surface area (Å²) in [5, 5.41) is 5.56. The summed E-state index contributed by atoms with van der Waals surface area (Å²) in [6.07, 6.45) is 1.46. The fraction of sp³-hybridized carbons (Fsp3) is 0.0714. The highest BCUT2D eigenvalue weighted by atomic mass is 16.1. The Bertz CT molecular complexity index is 759. The highest BCUT2D eigenvalue weighted by Crippen LogP contribution is 2.20. The molecule has 3 aromatic rings. The van der Waals surface area contributed by atoms with Gasteiger partial charge in [-0.25, -0.2) is 9.67 Å². The van der Waals surface area contributed by atoms with Crippen molar-refractivity contribution < 1.29 is 4.79 Å². The molecule has 0 aliphatic carbocycles. The number of fused-ring (bicyclic) bond motifs is 1. The Morgan fingerprint density at radius 3 is 2.68 bits per heavy atom. The van der Waals surface area contributed by atoms with Crippen LogP contribution in [0.25, 0.3) is 16.7 Å². The number of aryl methyl sites for hydroxylation is 1. The zero-order chi connectivity index (χ0) is 13.4. The molecule has 1 amide bonds. The molecule has 19 heavy (non-hydrogen) atoms. The number of amides is 1. The quantitative estimate of drug-likeness (QED) is 0.756. The molecule has 0 saturated heterocycles. The molecule has 1 aromatic carbocycles. The van der Waals surface area contributed by atoms with Crippen LogP contribution >= 0.6 is 0 Å². The van der Waals surface area contributed by atoms with Crippen LogP contribution in [0.1, 0.15) is 16.1 Å². The van der Waals surface area contributed by atoms with Crippen LogP contribution in [-0.2, 0) is 0 Å². The number of para-hydroxylation sites is 1. The van der Waals surface area contributed by atoms with E-state index >= 15 is 0 Å². The second-order valence-corrected chi connectivity index (χ2v) is 4.28. The van der Waals surface area contributed by atoms with E-state index in [2.05, 4.69) is 10.1 Å². The van der Waals surface area contributed by atoms with Gasteiger partial charge in [0, 0.05) is 11.6 Å². The number of pyridine rings is 1. The Balaban J connectivity index is 2.16. The lowest BCUT2D eigenvalue weighted by atomic mass is 10.2. The molecular weight excluding hydrogens is 240 g/mol. The van der Waals surface area contributed by atoms with E-state index in [0.29, 0.717) is 11.4 Å². The number of primary amides is 1. The van der Waals surface area contributed by atoms with Crippen molar-refractivity contribution in [1.29, 1.82) is 0 Å². The third kappa shape index (κ3) is 1.85. The SMILES string of the molecule is Cc1nn(-c2ccc(C(N)=O)cn2)c2ccccc12. The number of aromatic nitrogens is 3. The zero-order valence-electron chi connectivity index (χ0n) is 10.4. The summed E-state index contributed by atoms with van der Waals surface area (Å²) in [5.41, 5.74) is 7.51. The number of carbonyl (C=O) groups is 1. The van der Waals surface area contributed by atoms with Gasteiger partial charge < -0.3 is 5.73 Å². The van der Waals surface area contributed by atoms with Gasteiger partial charge >= 0.3 is 0 Å². The van der Waals surface area contributed by atoms with Gasteiger partial charge in [0.1, 0.15) is 0 Å². The summed E-state index contributed by atoms with van der Waals surface area (Å²) in [4.78, 5) is 15.3. The van der Waals surface area contributed by atoms with Crippen LogP contribution < -0.4 is 5.73 Å². The van der Waals surface area contributed by atoms with Crippen LogP contribution in [-0.4, -0.2) is 20.7 Å². The minimum atomic E-state index is -0.486. The molecule has 2 N–H and O–H groups in total. The van der Waals surface area contributed by atoms with Gasteiger partial charge in [0.15, 0.2) is 5.82 Å². The molecule has 94 valence electrons. The third-order valence-corrected chi connectivity index (χ3v) is 3.02. The van der Waals surface area contributed by atoms with Crippen LogP contribution in [0.3, 0.4) is 0 Å². The van der Waals surface area contributed by atoms with Gasteiger partial charge in [-0.1, -0.05) is 18.2 Å². The second-order valence-electron chi connectivity index (χ2n) is 4.28. The van der Waals surface area contributed by atoms with E-state index in [1.54, 1.807) is 16.8 Å². The lowest BCUT2D eigenvalue weighted by molar-refractivity contribution is 0.1000. The van der Waals surface area contributed by atoms with Gasteiger partial charge in [0.25, 0.3) is 0 Å². The molecule has 2 heterocycles. The third-order valence-electron chi connectivity index (χ3n) is 3.02. The average Bonchev–Trinajstić information content (AvgIpc) is 2.77. The summed E-state index contributed by atoms with van der Waals surface area (Å²) in [6, 6.07) is 11.3. The number of benzene rings is 1. The Kier molecular flexibility index (Phi) is 2.52. The van der Waals surface area contributed by atoms with Crippen molar-refractivity contribution in [2.24, 2.45) is 5.73 Å². The topological polar surface area (TPSA) is 73.8 Å². The van der Waals surface area contributed by atoms with Crippen molar-refractivity contribution >= 4 is 16.8 Å². The van der Waals surface area contributed by atoms with E-state index in [0.717, 1.165) is 16.6 Å². The maximum Gasteiger partial charge on any atom is 0.250 e. The molecule has 0 fully saturated rings. The van der Waals surface area contributed by atoms with E-state index in [9.17, 15) is 4.79 Å². The number of nitrogens with zero attached hydrogens (tertiary/aromatic N) is 3. The minimum absolute atomic E-state index is 0.386. The molecule has 5 heteroatoms. The zero-order valence-corrected chi connectivity index (χ0v) is 10.4. The summed E-state index contributed by atoms with van der Waals surface area (Å²) in [7, 11) is 0. The average molecular weight is 252 g/mol. The van der Waals surface area contributed by atoms with E-state index in [1.165, 1.54) is 6.20 Å². The lowest BCUT2D eigenvalue weighted by Gasteiger charge is -2.02. The van der Waals surface area contributed by atoms with Crippen LogP contribution in [0, 0.1) is 6.92 Å². The highest BCUT2D eigenvalue weighted by Gasteiger charge is 2.09. The van der Waals surface area contributed by atoms with Crippen LogP contribution in [0.4, 0.5) is 0 Å². The summed E-state index contributed by atoms with van der Waals surface area (Å²) < 4.78 is 1.76. The standard InChI is InChI=1S/C14H12N4O/c1-9-11-4-2-3-5-12(11)18(17-9)13-7-6-10(8-16-13)14(15)19/h2-8H,1H3,(H2,15,19). The monoisotopic (exact) mass is 252 g/mol. The maximum atomic E-state index is 11.0. The Morgan fingerprint density at radius 1 is 1.21 bits per heavy atom. The van der Waals surface area contributed by atoms with Gasteiger partial charge in [-0.05, 0) is 25.1 Å². The van der Waals surface area contributed by atoms with Crippen molar-refractivity contribution in [2.75, 3.05) is 0 Å². The minimum Gasteiger partial charge on any atom is -0.366 e. The summed E-state index contributed by atoms with van der Waals surface area (Å²) >= 11 is 0. The van der Waals surface area contributed by atoms with E-state index < -0.39 is 5.91 Å². The smallest absolute Gasteiger partial charge is 0.250 e. The summed E-state index contributed by atoms with van der Waals surface area (Å²) in [6.45, 7) is 1.95. The first-order chi connectivity index (χ1) is 9.16. The predicted octanol–water partition coefficient (Wildman–Crippen LogP) is 1.83. The van der Waals surface area contributed by atoms with Gasteiger partial charge in [-0.3, -0.25) is 4.79 Å². The number of carbonyl (C=O) groups excluding carboxylic acids is 1. The fourth-order valence-corrected chi connectivity index (χ4v) is 2.05. The van der Waals surface area contributed by atoms with Crippen molar-refractivity contribution in [2.45, 2.75) is 6.92 Å². The maximum absolute atomic E-state index is 11.0. The first kappa shape index (κ1) is 11.4. The molecule has 0 aliphatic heterocycles. The largest absolute Gasteiger partial charge is 0.366 e. The molecule has 0 unspecified atom stereocenters. The van der Waals surface area contributed by atoms with Gasteiger partial charge in [0.05, 0.1) is 16.8 Å². The molecule has 0 atom stereocenters. The molecular formula is C14H12N4O. The molecule has 2 aromatic heterocycles. The van der Waals surface area contributed by atoms with Crippen molar-refractivity contribution in [3.8, 4) is 5.82 Å². The van der Waals surface area contributed by atoms with E-state index in [1.807, 2.05) is 31.2 Å². The van der Waals surface area contributed by atoms with Crippen molar-refractivity contribution in [3.05, 3.63) is 53.9 Å². The number of hydrogen-bond acceptors (Lipinski definition) is 3. The molecule has 3 rings (SSSR count). The second kappa shape index (κ2) is 4.20. The van der Waals surface area contributed by atoms with Gasteiger partial charge in [0.2, 0.25) is 5.91 Å². The van der Waals surface area contributed by atoms with Crippen LogP contribution in [0.5, 0.6) is 0 Å². The van der Waals surface area contributed by atoms with E-state index in [-0.39, 0.29) is 0 Å². The molecule has 0 bridgehead atoms. The highest BCUT2D eigenvalue weighted by molar-refractivity contribution is 5.92. The lowest BCUT2D eigenvalue weighted by Crippen LogP contribution is -2.11. The van der Waals surface area contributed by atoms with E-state index in [4.69, 9.17) is 5.73 Å². The molecule has 5 nitrogen and oxygen atoms in total. The first-order valence-corrected chi connectivity index (χ1v) is 5.87. The van der Waals surface area contributed by atoms with Crippen LogP contribution in [0.15, 0.2) is 42.6 Å². The Labute approximate surface area is 109 Å². The number of nitrogens with two attached hydrogens (primary N) is 1. The van der Waals surface area contributed by atoms with Crippen molar-refractivity contribution in [3.63, 3.8) is 0 Å². The molecule has 0 radical (unpaired) electrons. The van der Waals surface area contributed by atoms with Crippen molar-refractivity contribution in [1.82, 2.24) is 14.8 Å². The Hall–Kier alpha value is -2.69. The summed E-state index contributed by atoms with van der Waals surface area (Å²) in [5.74, 6) is 0.176. The molecule has 0 saturated carbocycles. The fourth-order valence-electron chi connectivity index (χ4n) is 2.05. The number of rotatable bonds is 2. The number of hydrogen-bond donors (Lipinski definition) is 1. The molecule has 0 aliphatic rings.